The first kappa shape index (κ1) is 5.31. The van der Waals surface area contributed by atoms with Gasteiger partial charge < -0.3 is 4.18 Å². The third kappa shape index (κ3) is 4.31. The summed E-state index contributed by atoms with van der Waals surface area (Å²) in [5.41, 5.74) is 0. The Bertz CT molecular complexity index is 14.4. The number of hydrogen-bond donors (Lipinski definition) is 1. The molecule has 0 radical (unpaired) electrons. The minimum atomic E-state index is 0.753. The topological polar surface area (TPSA) is 9.23 Å². The summed E-state index contributed by atoms with van der Waals surface area (Å²) < 4.78 is 4.39. The van der Waals surface area contributed by atoms with Crippen molar-refractivity contribution in [3.63, 3.8) is 0 Å². The van der Waals surface area contributed by atoms with Crippen LogP contribution < -0.4 is 0 Å². The summed E-state index contributed by atoms with van der Waals surface area (Å²) in [4.78, 5) is 0. The predicted octanol–water partition coefficient (Wildman–Crippen LogP) is 1.26. The molecule has 0 amide bonds. The SMILES string of the molecule is CCCOS. The summed E-state index contributed by atoms with van der Waals surface area (Å²) in [5.74, 6) is 0. The van der Waals surface area contributed by atoms with E-state index in [4.69, 9.17) is 0 Å². The molecule has 0 heterocycles. The molecule has 0 rings (SSSR count). The van der Waals surface area contributed by atoms with Crippen LogP contribution in [0.1, 0.15) is 13.3 Å². The van der Waals surface area contributed by atoms with E-state index in [1.807, 2.05) is 6.92 Å². The highest BCUT2D eigenvalue weighted by Crippen LogP contribution is 1.79. The average molecular weight is 92.2 g/mol. The number of hydrogen-bond acceptors (Lipinski definition) is 2. The first-order chi connectivity index (χ1) is 2.41. The van der Waals surface area contributed by atoms with Gasteiger partial charge in [-0.05, 0) is 19.3 Å². The minimum absolute atomic E-state index is 0.753. The zero-order chi connectivity index (χ0) is 4.12. The van der Waals surface area contributed by atoms with Gasteiger partial charge in [0.05, 0.1) is 6.61 Å². The highest BCUT2D eigenvalue weighted by atomic mass is 32.1. The molecule has 0 spiro atoms. The molecular weight excluding hydrogens is 84.1 g/mol. The fraction of sp³-hybridized carbons (Fsp3) is 1.00. The normalized spacial score (nSPS) is 8.40. The largest absolute Gasteiger partial charge is 0.319 e. The molecule has 32 valence electrons. The van der Waals surface area contributed by atoms with Crippen molar-refractivity contribution in [1.82, 2.24) is 0 Å². The number of thiol groups is 1. The second-order valence-corrected chi connectivity index (χ2v) is 1.09. The minimum Gasteiger partial charge on any atom is -0.319 e. The van der Waals surface area contributed by atoms with E-state index in [9.17, 15) is 0 Å². The monoisotopic (exact) mass is 92.0 g/mol. The maximum Gasteiger partial charge on any atom is 0.0607 e. The molecule has 0 N–H and O–H groups in total. The van der Waals surface area contributed by atoms with Crippen molar-refractivity contribution in [2.75, 3.05) is 6.61 Å². The molecule has 0 aliphatic rings. The molecule has 2 heteroatoms. The van der Waals surface area contributed by atoms with Crippen LogP contribution in [-0.2, 0) is 4.18 Å². The van der Waals surface area contributed by atoms with Crippen LogP contribution in [0.5, 0.6) is 0 Å². The molecule has 0 saturated carbocycles. The van der Waals surface area contributed by atoms with Gasteiger partial charge in [-0.25, -0.2) is 0 Å². The standard InChI is InChI=1S/C3H8OS/c1-2-3-4-5/h5H,2-3H2,1H3. The third-order valence-electron chi connectivity index (χ3n) is 0.295. The van der Waals surface area contributed by atoms with Gasteiger partial charge in [-0.3, -0.25) is 0 Å². The lowest BCUT2D eigenvalue weighted by atomic mass is 10.5. The fourth-order valence-electron chi connectivity index (χ4n) is 0.0913. The predicted molar refractivity (Wildman–Crippen MR) is 25.2 cm³/mol. The van der Waals surface area contributed by atoms with Crippen LogP contribution in [0, 0.1) is 0 Å². The zero-order valence-electron chi connectivity index (χ0n) is 3.27. The van der Waals surface area contributed by atoms with Gasteiger partial charge in [-0.1, -0.05) is 6.92 Å². The van der Waals surface area contributed by atoms with Gasteiger partial charge in [-0.2, -0.15) is 0 Å². The molecule has 1 nitrogen and oxygen atoms in total. The molecule has 0 fully saturated rings. The van der Waals surface area contributed by atoms with Crippen molar-refractivity contribution < 1.29 is 4.18 Å². The van der Waals surface area contributed by atoms with Gasteiger partial charge in [0.2, 0.25) is 0 Å². The Labute approximate surface area is 37.9 Å². The number of rotatable bonds is 2. The van der Waals surface area contributed by atoms with Crippen molar-refractivity contribution in [3.05, 3.63) is 0 Å². The first-order valence-corrected chi connectivity index (χ1v) is 2.04. The Kier molecular flexibility index (Phi) is 4.58. The molecule has 0 saturated heterocycles. The van der Waals surface area contributed by atoms with Crippen molar-refractivity contribution >= 4 is 12.9 Å². The Hall–Kier alpha value is 0.310. The smallest absolute Gasteiger partial charge is 0.0607 e. The van der Waals surface area contributed by atoms with E-state index in [-0.39, 0.29) is 0 Å². The molecule has 0 aromatic carbocycles. The van der Waals surface area contributed by atoms with Crippen molar-refractivity contribution in [1.29, 1.82) is 0 Å². The second kappa shape index (κ2) is 4.31. The summed E-state index contributed by atoms with van der Waals surface area (Å²) in [6.45, 7) is 2.79. The summed E-state index contributed by atoms with van der Waals surface area (Å²) in [7, 11) is 0. The van der Waals surface area contributed by atoms with Gasteiger partial charge >= 0.3 is 0 Å². The molecule has 0 aliphatic heterocycles. The maximum atomic E-state index is 4.39. The van der Waals surface area contributed by atoms with Crippen LogP contribution in [0.4, 0.5) is 0 Å². The highest BCUT2D eigenvalue weighted by molar-refractivity contribution is 7.75. The Morgan fingerprint density at radius 2 is 2.40 bits per heavy atom. The van der Waals surface area contributed by atoms with Gasteiger partial charge in [0.25, 0.3) is 0 Å². The highest BCUT2D eigenvalue weighted by Gasteiger charge is 1.67. The molecular formula is C3H8OS. The van der Waals surface area contributed by atoms with Crippen molar-refractivity contribution in [2.24, 2.45) is 0 Å². The van der Waals surface area contributed by atoms with E-state index in [1.165, 1.54) is 0 Å². The third-order valence-corrected chi connectivity index (χ3v) is 0.478. The van der Waals surface area contributed by atoms with E-state index in [1.54, 1.807) is 0 Å². The van der Waals surface area contributed by atoms with Gasteiger partial charge in [0.1, 0.15) is 0 Å². The molecule has 5 heavy (non-hydrogen) atoms. The van der Waals surface area contributed by atoms with E-state index >= 15 is 0 Å². The van der Waals surface area contributed by atoms with Crippen LogP contribution >= 0.6 is 12.9 Å². The van der Waals surface area contributed by atoms with Crippen LogP contribution in [0.3, 0.4) is 0 Å². The molecule has 0 atom stereocenters. The fourth-order valence-corrected chi connectivity index (χ4v) is 0.274. The van der Waals surface area contributed by atoms with Crippen LogP contribution in [0.25, 0.3) is 0 Å². The van der Waals surface area contributed by atoms with E-state index < -0.39 is 0 Å². The van der Waals surface area contributed by atoms with Crippen molar-refractivity contribution in [3.8, 4) is 0 Å². The lowest BCUT2D eigenvalue weighted by molar-refractivity contribution is 0.381. The Morgan fingerprint density at radius 3 is 2.40 bits per heavy atom. The van der Waals surface area contributed by atoms with Crippen LogP contribution in [-0.4, -0.2) is 6.61 Å². The van der Waals surface area contributed by atoms with E-state index in [0.29, 0.717) is 0 Å². The molecule has 0 unspecified atom stereocenters. The molecule has 0 aromatic rings. The van der Waals surface area contributed by atoms with Gasteiger partial charge in [0.15, 0.2) is 0 Å². The lowest BCUT2D eigenvalue weighted by Gasteiger charge is -1.82. The molecule has 0 aliphatic carbocycles. The average Bonchev–Trinajstić information content (AvgIpc) is 1.41. The Balaban J connectivity index is 2.19. The van der Waals surface area contributed by atoms with Gasteiger partial charge in [-0.15, -0.1) is 0 Å². The maximum absolute atomic E-state index is 4.39. The van der Waals surface area contributed by atoms with E-state index in [2.05, 4.69) is 17.1 Å². The summed E-state index contributed by atoms with van der Waals surface area (Å²) in [6.07, 6.45) is 1.05. The molecule has 0 aromatic heterocycles. The second-order valence-electron chi connectivity index (χ2n) is 0.833. The molecule has 0 bridgehead atoms. The zero-order valence-corrected chi connectivity index (χ0v) is 4.16. The quantitative estimate of drug-likeness (QED) is 0.398. The van der Waals surface area contributed by atoms with Crippen LogP contribution in [0.15, 0.2) is 0 Å². The summed E-state index contributed by atoms with van der Waals surface area (Å²) >= 11 is 3.50. The lowest BCUT2D eigenvalue weighted by Crippen LogP contribution is -1.74. The summed E-state index contributed by atoms with van der Waals surface area (Å²) in [6, 6.07) is 0. The van der Waals surface area contributed by atoms with Crippen LogP contribution in [0.2, 0.25) is 0 Å². The summed E-state index contributed by atoms with van der Waals surface area (Å²) in [5, 5.41) is 0. The first-order valence-electron chi connectivity index (χ1n) is 1.68. The van der Waals surface area contributed by atoms with Crippen molar-refractivity contribution in [2.45, 2.75) is 13.3 Å². The Morgan fingerprint density at radius 1 is 1.80 bits per heavy atom. The van der Waals surface area contributed by atoms with Gasteiger partial charge in [0, 0.05) is 0 Å². The van der Waals surface area contributed by atoms with E-state index in [0.717, 1.165) is 13.0 Å².